The third kappa shape index (κ3) is 2.32. The topological polar surface area (TPSA) is 0 Å². The third-order valence-corrected chi connectivity index (χ3v) is 5.30. The van der Waals surface area contributed by atoms with Gasteiger partial charge in [0.25, 0.3) is 0 Å². The van der Waals surface area contributed by atoms with Crippen molar-refractivity contribution >= 4 is 45.1 Å². The summed E-state index contributed by atoms with van der Waals surface area (Å²) in [6, 6.07) is 33.1. The van der Waals surface area contributed by atoms with E-state index < -0.39 is 0 Å². The predicted octanol–water partition coefficient (Wildman–Crippen LogP) is 6.19. The highest BCUT2D eigenvalue weighted by molar-refractivity contribution is 6.52. The highest BCUT2D eigenvalue weighted by atomic mass is 14.1. The van der Waals surface area contributed by atoms with Crippen molar-refractivity contribution in [3.63, 3.8) is 0 Å². The zero-order chi connectivity index (χ0) is 17.5. The number of fused-ring (bicyclic) bond motifs is 6. The van der Waals surface area contributed by atoms with Gasteiger partial charge in [0, 0.05) is 0 Å². The molecule has 0 nitrogen and oxygen atoms in total. The van der Waals surface area contributed by atoms with Crippen LogP contribution in [0.5, 0.6) is 0 Å². The Morgan fingerprint density at radius 2 is 1.00 bits per heavy atom. The summed E-state index contributed by atoms with van der Waals surface area (Å²) in [6.07, 6.45) is 0. The zero-order valence-corrected chi connectivity index (χ0v) is 14.7. The van der Waals surface area contributed by atoms with Gasteiger partial charge in [0.15, 0.2) is 0 Å². The Morgan fingerprint density at radius 3 is 1.62 bits per heavy atom. The fraction of sp³-hybridized carbons (Fsp3) is 0.0400. The molecule has 5 rings (SSSR count). The average Bonchev–Trinajstić information content (AvgIpc) is 2.73. The van der Waals surface area contributed by atoms with E-state index >= 15 is 0 Å². The van der Waals surface area contributed by atoms with Crippen LogP contribution < -0.4 is 5.46 Å². The molecule has 1 radical (unpaired) electrons. The highest BCUT2D eigenvalue weighted by Crippen LogP contribution is 2.36. The number of hydrogen-bond acceptors (Lipinski definition) is 0. The van der Waals surface area contributed by atoms with Crippen LogP contribution in [0.15, 0.2) is 91.0 Å². The Morgan fingerprint density at radius 1 is 0.462 bits per heavy atom. The zero-order valence-electron chi connectivity index (χ0n) is 14.7. The van der Waals surface area contributed by atoms with Crippen molar-refractivity contribution in [3.8, 4) is 11.1 Å². The molecule has 0 saturated heterocycles. The fourth-order valence-electron chi connectivity index (χ4n) is 3.99. The third-order valence-electron chi connectivity index (χ3n) is 5.30. The molecule has 0 atom stereocenters. The lowest BCUT2D eigenvalue weighted by atomic mass is 9.73. The Kier molecular flexibility index (Phi) is 3.53. The van der Waals surface area contributed by atoms with Crippen molar-refractivity contribution in [2.75, 3.05) is 0 Å². The molecule has 0 aromatic heterocycles. The standard InChI is InChI=1S/C25H18B/c1-26-19-8-6-7-17(15-19)18-13-14-24-22-11-3-2-9-20(22)21-10-4-5-12-23(21)25(24)16-18/h2-16H,1H3. The molecule has 121 valence electrons. The Balaban J connectivity index is 1.88. The smallest absolute Gasteiger partial charge is 0.0875 e. The van der Waals surface area contributed by atoms with Gasteiger partial charge < -0.3 is 0 Å². The van der Waals surface area contributed by atoms with E-state index in [-0.39, 0.29) is 0 Å². The van der Waals surface area contributed by atoms with Gasteiger partial charge in [-0.2, -0.15) is 0 Å². The molecule has 0 aliphatic heterocycles. The largest absolute Gasteiger partial charge is 0.148 e. The van der Waals surface area contributed by atoms with Crippen molar-refractivity contribution in [3.05, 3.63) is 91.0 Å². The molecule has 26 heavy (non-hydrogen) atoms. The van der Waals surface area contributed by atoms with Crippen LogP contribution in [-0.4, -0.2) is 7.28 Å². The lowest BCUT2D eigenvalue weighted by Crippen LogP contribution is -2.09. The van der Waals surface area contributed by atoms with Crippen molar-refractivity contribution in [1.82, 2.24) is 0 Å². The van der Waals surface area contributed by atoms with Gasteiger partial charge >= 0.3 is 0 Å². The Labute approximate surface area is 154 Å². The summed E-state index contributed by atoms with van der Waals surface area (Å²) in [5, 5.41) is 7.93. The van der Waals surface area contributed by atoms with E-state index in [0.29, 0.717) is 0 Å². The second-order valence-corrected chi connectivity index (χ2v) is 6.77. The molecular weight excluding hydrogens is 311 g/mol. The molecule has 0 amide bonds. The van der Waals surface area contributed by atoms with Gasteiger partial charge in [-0.1, -0.05) is 97.2 Å². The maximum atomic E-state index is 2.35. The summed E-state index contributed by atoms with van der Waals surface area (Å²) in [7, 11) is 2.15. The predicted molar refractivity (Wildman–Crippen MR) is 116 cm³/mol. The minimum atomic E-state index is 1.26. The first-order valence-electron chi connectivity index (χ1n) is 9.08. The van der Waals surface area contributed by atoms with E-state index in [4.69, 9.17) is 0 Å². The Bertz CT molecular complexity index is 1230. The van der Waals surface area contributed by atoms with Crippen LogP contribution in [0.1, 0.15) is 0 Å². The van der Waals surface area contributed by atoms with Crippen molar-refractivity contribution in [2.45, 2.75) is 6.82 Å². The minimum Gasteiger partial charge on any atom is -0.0875 e. The molecule has 0 spiro atoms. The molecule has 1 heteroatoms. The van der Waals surface area contributed by atoms with E-state index in [1.165, 1.54) is 48.9 Å². The van der Waals surface area contributed by atoms with Crippen LogP contribution in [0.3, 0.4) is 0 Å². The van der Waals surface area contributed by atoms with Crippen LogP contribution in [0, 0.1) is 0 Å². The summed E-state index contributed by atoms with van der Waals surface area (Å²) in [4.78, 5) is 0. The molecule has 0 heterocycles. The molecule has 0 bridgehead atoms. The monoisotopic (exact) mass is 329 g/mol. The van der Waals surface area contributed by atoms with Crippen LogP contribution in [0.2, 0.25) is 6.82 Å². The normalized spacial score (nSPS) is 11.3. The first-order chi connectivity index (χ1) is 12.8. The van der Waals surface area contributed by atoms with Crippen LogP contribution >= 0.6 is 0 Å². The summed E-state index contributed by atoms with van der Waals surface area (Å²) < 4.78 is 0. The second kappa shape index (κ2) is 6.03. The molecule has 0 fully saturated rings. The quantitative estimate of drug-likeness (QED) is 0.267. The van der Waals surface area contributed by atoms with E-state index in [9.17, 15) is 0 Å². The minimum absolute atomic E-state index is 1.26. The Hall–Kier alpha value is -3.06. The van der Waals surface area contributed by atoms with Gasteiger partial charge in [-0.3, -0.25) is 0 Å². The van der Waals surface area contributed by atoms with Gasteiger partial charge in [0.05, 0.1) is 0 Å². The highest BCUT2D eigenvalue weighted by Gasteiger charge is 2.09. The summed E-state index contributed by atoms with van der Waals surface area (Å²) in [5.74, 6) is 0. The van der Waals surface area contributed by atoms with Crippen LogP contribution in [0.25, 0.3) is 43.4 Å². The van der Waals surface area contributed by atoms with Crippen molar-refractivity contribution in [1.29, 1.82) is 0 Å². The number of rotatable bonds is 2. The summed E-state index contributed by atoms with van der Waals surface area (Å²) in [6.45, 7) is 2.08. The molecule has 5 aromatic rings. The maximum Gasteiger partial charge on any atom is 0.148 e. The molecule has 0 aliphatic rings. The maximum absolute atomic E-state index is 2.35. The van der Waals surface area contributed by atoms with E-state index in [1.807, 2.05) is 0 Å². The molecule has 0 unspecified atom stereocenters. The van der Waals surface area contributed by atoms with Gasteiger partial charge in [0.2, 0.25) is 0 Å². The van der Waals surface area contributed by atoms with Gasteiger partial charge in [0.1, 0.15) is 7.28 Å². The van der Waals surface area contributed by atoms with E-state index in [1.54, 1.807) is 0 Å². The summed E-state index contributed by atoms with van der Waals surface area (Å²) in [5.41, 5.74) is 3.78. The average molecular weight is 329 g/mol. The van der Waals surface area contributed by atoms with E-state index in [0.717, 1.165) is 0 Å². The van der Waals surface area contributed by atoms with Gasteiger partial charge in [-0.25, -0.2) is 0 Å². The van der Waals surface area contributed by atoms with Crippen molar-refractivity contribution < 1.29 is 0 Å². The SMILES string of the molecule is C[B]c1cccc(-c2ccc3c4ccccc4c4ccccc4c3c2)c1. The molecule has 0 aliphatic carbocycles. The molecule has 0 N–H and O–H groups in total. The number of benzene rings is 5. The van der Waals surface area contributed by atoms with Crippen LogP contribution in [-0.2, 0) is 0 Å². The summed E-state index contributed by atoms with van der Waals surface area (Å²) >= 11 is 0. The first kappa shape index (κ1) is 15.2. The van der Waals surface area contributed by atoms with Crippen LogP contribution in [0.4, 0.5) is 0 Å². The van der Waals surface area contributed by atoms with Crippen molar-refractivity contribution in [2.24, 2.45) is 0 Å². The molecule has 0 saturated carbocycles. The first-order valence-corrected chi connectivity index (χ1v) is 9.08. The number of hydrogen-bond donors (Lipinski definition) is 0. The molecule has 5 aromatic carbocycles. The lowest BCUT2D eigenvalue weighted by molar-refractivity contribution is 1.68. The second-order valence-electron chi connectivity index (χ2n) is 6.77. The molecular formula is C25H18B. The fourth-order valence-corrected chi connectivity index (χ4v) is 3.99. The lowest BCUT2D eigenvalue weighted by Gasteiger charge is -2.12. The van der Waals surface area contributed by atoms with Gasteiger partial charge in [-0.15, -0.1) is 0 Å². The van der Waals surface area contributed by atoms with E-state index in [2.05, 4.69) is 105 Å². The van der Waals surface area contributed by atoms with Gasteiger partial charge in [-0.05, 0) is 49.5 Å².